The molecule has 100 valence electrons. The van der Waals surface area contributed by atoms with Gasteiger partial charge in [0.2, 0.25) is 0 Å². The summed E-state index contributed by atoms with van der Waals surface area (Å²) in [7, 11) is -8.87. The second kappa shape index (κ2) is 6.69. The van der Waals surface area contributed by atoms with E-state index >= 15 is 0 Å². The Balaban J connectivity index is 2.77. The van der Waals surface area contributed by atoms with Gasteiger partial charge in [-0.3, -0.25) is 0 Å². The zero-order valence-electron chi connectivity index (χ0n) is 11.1. The van der Waals surface area contributed by atoms with Crippen molar-refractivity contribution in [2.75, 3.05) is 0 Å². The third kappa shape index (κ3) is 5.41. The zero-order chi connectivity index (χ0) is 13.1. The maximum absolute atomic E-state index is 5.98. The lowest BCUT2D eigenvalue weighted by Gasteiger charge is -2.34. The van der Waals surface area contributed by atoms with Gasteiger partial charge in [-0.05, 0) is 32.7 Å². The monoisotopic (exact) mass is 326 g/mol. The van der Waals surface area contributed by atoms with Crippen LogP contribution in [0.2, 0.25) is 32.7 Å². The molecular formula is C7H22O5Si5. The molecule has 5 nitrogen and oxygen atoms in total. The molecule has 0 N–H and O–H groups in total. The van der Waals surface area contributed by atoms with Crippen LogP contribution in [0.4, 0.5) is 0 Å². The molecule has 0 aliphatic carbocycles. The normalized spacial score (nSPS) is 45.2. The Kier molecular flexibility index (Phi) is 6.17. The van der Waals surface area contributed by atoms with E-state index in [1.54, 1.807) is 0 Å². The summed E-state index contributed by atoms with van der Waals surface area (Å²) < 4.78 is 29.4. The van der Waals surface area contributed by atoms with Gasteiger partial charge in [0, 0.05) is 0 Å². The van der Waals surface area contributed by atoms with E-state index in [9.17, 15) is 0 Å². The molecule has 1 saturated heterocycles. The third-order valence-corrected chi connectivity index (χ3v) is 18.7. The predicted octanol–water partition coefficient (Wildman–Crippen LogP) is 0.281. The lowest BCUT2D eigenvalue weighted by atomic mass is 11.3. The van der Waals surface area contributed by atoms with Crippen LogP contribution in [0.5, 0.6) is 0 Å². The van der Waals surface area contributed by atoms with Crippen molar-refractivity contribution in [1.29, 1.82) is 0 Å². The molecule has 0 aromatic rings. The molecule has 0 amide bonds. The van der Waals surface area contributed by atoms with Crippen molar-refractivity contribution in [3.05, 3.63) is 12.3 Å². The first kappa shape index (κ1) is 15.7. The summed E-state index contributed by atoms with van der Waals surface area (Å²) in [6.07, 6.45) is 0. The van der Waals surface area contributed by atoms with Gasteiger partial charge in [-0.2, -0.15) is 0 Å². The van der Waals surface area contributed by atoms with Gasteiger partial charge in [0.1, 0.15) is 0 Å². The molecule has 10 heteroatoms. The van der Waals surface area contributed by atoms with Crippen molar-refractivity contribution in [1.82, 2.24) is 0 Å². The molecule has 1 aliphatic rings. The first-order valence-corrected chi connectivity index (χ1v) is 16.6. The minimum Gasteiger partial charge on any atom is -0.420 e. The highest BCUT2D eigenvalue weighted by atomic mass is 28.5. The summed E-state index contributed by atoms with van der Waals surface area (Å²) in [5.41, 5.74) is 1.81. The smallest absolute Gasteiger partial charge is 0.343 e. The van der Waals surface area contributed by atoms with E-state index in [4.69, 9.17) is 20.6 Å². The van der Waals surface area contributed by atoms with Gasteiger partial charge in [0.25, 0.3) is 18.6 Å². The highest BCUT2D eigenvalue weighted by molar-refractivity contribution is 6.83. The molecular weight excluding hydrogens is 305 g/mol. The van der Waals surface area contributed by atoms with Gasteiger partial charge in [-0.15, -0.1) is 6.58 Å². The van der Waals surface area contributed by atoms with Crippen LogP contribution in [0.3, 0.4) is 0 Å². The molecule has 0 radical (unpaired) electrons. The number of hydrogen-bond acceptors (Lipinski definition) is 5. The topological polar surface area (TPSA) is 46.2 Å². The summed E-state index contributed by atoms with van der Waals surface area (Å²) in [5, 5.41) is 0. The van der Waals surface area contributed by atoms with E-state index in [-0.39, 0.29) is 0 Å². The van der Waals surface area contributed by atoms with E-state index in [1.165, 1.54) is 0 Å². The maximum atomic E-state index is 5.98. The van der Waals surface area contributed by atoms with Crippen LogP contribution in [0.25, 0.3) is 0 Å². The molecule has 0 aromatic carbocycles. The van der Waals surface area contributed by atoms with Gasteiger partial charge in [0.05, 0.1) is 0 Å². The first-order valence-electron chi connectivity index (χ1n) is 5.80. The summed E-state index contributed by atoms with van der Waals surface area (Å²) >= 11 is 0. The van der Waals surface area contributed by atoms with Crippen LogP contribution >= 0.6 is 0 Å². The van der Waals surface area contributed by atoms with Crippen molar-refractivity contribution in [2.24, 2.45) is 0 Å². The summed E-state index contributed by atoms with van der Waals surface area (Å²) in [4.78, 5) is 0. The summed E-state index contributed by atoms with van der Waals surface area (Å²) in [6, 6.07) is 0. The van der Waals surface area contributed by atoms with E-state index in [2.05, 4.69) is 6.58 Å². The van der Waals surface area contributed by atoms with Crippen LogP contribution in [-0.2, 0) is 20.6 Å². The lowest BCUT2D eigenvalue weighted by Crippen LogP contribution is -2.51. The second-order valence-corrected chi connectivity index (χ2v) is 16.3. The Bertz CT molecular complexity index is 249. The first-order chi connectivity index (χ1) is 7.84. The molecule has 0 saturated carbocycles. The fourth-order valence-electron chi connectivity index (χ4n) is 1.71. The molecule has 4 unspecified atom stereocenters. The van der Waals surface area contributed by atoms with Crippen LogP contribution in [0.15, 0.2) is 12.3 Å². The van der Waals surface area contributed by atoms with E-state index in [0.29, 0.717) is 0 Å². The average Bonchev–Trinajstić information content (AvgIpc) is 2.14. The average molecular weight is 327 g/mol. The third-order valence-electron chi connectivity index (χ3n) is 2.32. The van der Waals surface area contributed by atoms with Crippen molar-refractivity contribution < 1.29 is 20.6 Å². The highest BCUT2D eigenvalue weighted by Gasteiger charge is 2.36. The Hall–Kier alpha value is 0.624. The maximum Gasteiger partial charge on any atom is 0.343 e. The zero-order valence-corrected chi connectivity index (χ0v) is 16.8. The fourth-order valence-corrected chi connectivity index (χ4v) is 18.1. The summed E-state index contributed by atoms with van der Waals surface area (Å²) in [5.74, 6) is 0. The number of hydrogen-bond donors (Lipinski definition) is 0. The van der Waals surface area contributed by atoms with Gasteiger partial charge in [-0.25, -0.2) is 0 Å². The predicted molar refractivity (Wildman–Crippen MR) is 79.3 cm³/mol. The van der Waals surface area contributed by atoms with Crippen molar-refractivity contribution >= 4 is 45.7 Å². The molecule has 1 heterocycles. The van der Waals surface area contributed by atoms with Gasteiger partial charge in [-0.1, -0.05) is 5.70 Å². The quantitative estimate of drug-likeness (QED) is 0.648. The van der Waals surface area contributed by atoms with Gasteiger partial charge < -0.3 is 20.6 Å². The largest absolute Gasteiger partial charge is 0.420 e. The molecule has 0 bridgehead atoms. The van der Waals surface area contributed by atoms with Crippen LogP contribution in [0.1, 0.15) is 0 Å². The Morgan fingerprint density at radius 2 is 1.18 bits per heavy atom. The lowest BCUT2D eigenvalue weighted by molar-refractivity contribution is 0.286. The van der Waals surface area contributed by atoms with Crippen LogP contribution in [-0.4, -0.2) is 45.7 Å². The van der Waals surface area contributed by atoms with Crippen molar-refractivity contribution in [3.63, 3.8) is 0 Å². The molecule has 1 aliphatic heterocycles. The molecule has 17 heavy (non-hydrogen) atoms. The van der Waals surface area contributed by atoms with Crippen molar-refractivity contribution in [2.45, 2.75) is 32.7 Å². The van der Waals surface area contributed by atoms with E-state index in [1.807, 2.05) is 38.4 Å². The molecule has 0 aromatic heterocycles. The minimum absolute atomic E-state index is 1.60. The van der Waals surface area contributed by atoms with Gasteiger partial charge in [0.15, 0.2) is 0 Å². The SMILES string of the molecule is C=C[Si]1(C)O[SiH](C)O[SiH](C)O[SiH](C)O[SiH](C)O1. The standard InChI is InChI=1S/C7H22O5Si5/c1-7-17(6)11-15(4)9-13(2)8-14(3)10-16(5)12-17/h7,13-16H,1H2,2-6H3. The number of rotatable bonds is 1. The van der Waals surface area contributed by atoms with E-state index in [0.717, 1.165) is 0 Å². The second-order valence-electron chi connectivity index (χ2n) is 4.13. The Morgan fingerprint density at radius 1 is 0.824 bits per heavy atom. The van der Waals surface area contributed by atoms with E-state index < -0.39 is 45.7 Å². The Morgan fingerprint density at radius 3 is 1.53 bits per heavy atom. The van der Waals surface area contributed by atoms with Crippen LogP contribution < -0.4 is 0 Å². The molecule has 0 spiro atoms. The van der Waals surface area contributed by atoms with Gasteiger partial charge >= 0.3 is 27.1 Å². The summed E-state index contributed by atoms with van der Waals surface area (Å²) in [6.45, 7) is 13.9. The fraction of sp³-hybridized carbons (Fsp3) is 0.714. The molecule has 1 rings (SSSR count). The molecule has 4 atom stereocenters. The minimum atomic E-state index is -2.31. The van der Waals surface area contributed by atoms with Crippen molar-refractivity contribution in [3.8, 4) is 0 Å². The highest BCUT2D eigenvalue weighted by Crippen LogP contribution is 2.15. The Labute approximate surface area is 111 Å². The molecule has 1 fully saturated rings. The van der Waals surface area contributed by atoms with Crippen LogP contribution in [0, 0.1) is 0 Å².